The molecule has 0 spiro atoms. The number of imide groups is 1. The molecule has 1 aromatic carbocycles. The minimum absolute atomic E-state index is 0.0347. The molecule has 7 heteroatoms. The smallest absolute Gasteiger partial charge is 0.420 e. The maximum Gasteiger partial charge on any atom is 0.420 e. The predicted molar refractivity (Wildman–Crippen MR) is 102 cm³/mol. The fourth-order valence-electron chi connectivity index (χ4n) is 2.02. The highest BCUT2D eigenvalue weighted by atomic mass is 16.6. The highest BCUT2D eigenvalue weighted by Crippen LogP contribution is 2.23. The third kappa shape index (κ3) is 8.77. The van der Waals surface area contributed by atoms with Crippen molar-refractivity contribution in [3.05, 3.63) is 29.8 Å². The molecule has 0 bridgehead atoms. The van der Waals surface area contributed by atoms with Crippen LogP contribution in [-0.4, -0.2) is 48.6 Å². The molecule has 2 amide bonds. The summed E-state index contributed by atoms with van der Waals surface area (Å²) in [5.74, 6) is 0.562. The van der Waals surface area contributed by atoms with E-state index < -0.39 is 23.4 Å². The molecule has 0 radical (unpaired) electrons. The number of benzene rings is 1. The van der Waals surface area contributed by atoms with E-state index in [1.807, 2.05) is 6.07 Å². The van der Waals surface area contributed by atoms with Crippen LogP contribution < -0.4 is 4.74 Å². The van der Waals surface area contributed by atoms with Crippen LogP contribution in [0.25, 0.3) is 0 Å². The molecule has 7 nitrogen and oxygen atoms in total. The Balaban J connectivity index is 3.06. The van der Waals surface area contributed by atoms with Gasteiger partial charge < -0.3 is 18.9 Å². The van der Waals surface area contributed by atoms with E-state index in [0.29, 0.717) is 24.5 Å². The maximum absolute atomic E-state index is 12.6. The predicted octanol–water partition coefficient (Wildman–Crippen LogP) is 4.38. The zero-order valence-corrected chi connectivity index (χ0v) is 17.3. The van der Waals surface area contributed by atoms with Gasteiger partial charge in [-0.15, -0.1) is 0 Å². The van der Waals surface area contributed by atoms with Gasteiger partial charge in [0, 0.05) is 12.7 Å². The Morgan fingerprint density at radius 2 is 1.41 bits per heavy atom. The summed E-state index contributed by atoms with van der Waals surface area (Å²) >= 11 is 0. The van der Waals surface area contributed by atoms with Gasteiger partial charge in [0.25, 0.3) is 0 Å². The summed E-state index contributed by atoms with van der Waals surface area (Å²) in [4.78, 5) is 26.1. The lowest BCUT2D eigenvalue weighted by atomic mass is 10.2. The first-order valence-electron chi connectivity index (χ1n) is 8.86. The molecule has 0 atom stereocenters. The molecule has 1 aromatic rings. The van der Waals surface area contributed by atoms with Crippen LogP contribution in [0.5, 0.6) is 5.75 Å². The van der Waals surface area contributed by atoms with Crippen molar-refractivity contribution in [3.63, 3.8) is 0 Å². The quantitative estimate of drug-likeness (QED) is 0.681. The van der Waals surface area contributed by atoms with E-state index in [9.17, 15) is 9.59 Å². The first-order chi connectivity index (χ1) is 12.4. The van der Waals surface area contributed by atoms with Gasteiger partial charge in [0.2, 0.25) is 0 Å². The van der Waals surface area contributed by atoms with Crippen LogP contribution in [0.3, 0.4) is 0 Å². The van der Waals surface area contributed by atoms with Crippen LogP contribution in [0.4, 0.5) is 9.59 Å². The van der Waals surface area contributed by atoms with E-state index >= 15 is 0 Å². The first-order valence-corrected chi connectivity index (χ1v) is 8.86. The van der Waals surface area contributed by atoms with Gasteiger partial charge in [-0.05, 0) is 47.6 Å². The normalized spacial score (nSPS) is 11.7. The zero-order valence-electron chi connectivity index (χ0n) is 17.3. The van der Waals surface area contributed by atoms with Crippen LogP contribution in [0.2, 0.25) is 0 Å². The number of para-hydroxylation sites is 1. The van der Waals surface area contributed by atoms with Crippen molar-refractivity contribution in [1.29, 1.82) is 0 Å². The maximum atomic E-state index is 12.6. The van der Waals surface area contributed by atoms with Gasteiger partial charge in [-0.25, -0.2) is 14.5 Å². The summed E-state index contributed by atoms with van der Waals surface area (Å²) in [6.45, 7) is 11.2. The number of nitrogens with zero attached hydrogens (tertiary/aromatic N) is 1. The fourth-order valence-corrected chi connectivity index (χ4v) is 2.02. The molecule has 0 saturated heterocycles. The average Bonchev–Trinajstić information content (AvgIpc) is 2.50. The SMILES string of the molecule is COCCOc1ccccc1CN(C(=O)OC(C)(C)C)C(=O)OC(C)(C)C. The second kappa shape index (κ2) is 9.60. The molecule has 27 heavy (non-hydrogen) atoms. The summed E-state index contributed by atoms with van der Waals surface area (Å²) in [5.41, 5.74) is -0.831. The lowest BCUT2D eigenvalue weighted by Gasteiger charge is -2.29. The Hall–Kier alpha value is -2.28. The number of hydrogen-bond donors (Lipinski definition) is 0. The Morgan fingerprint density at radius 1 is 0.889 bits per heavy atom. The number of rotatable bonds is 6. The molecule has 0 heterocycles. The molecule has 0 unspecified atom stereocenters. The van der Waals surface area contributed by atoms with Crippen molar-refractivity contribution in [2.45, 2.75) is 59.3 Å². The summed E-state index contributed by atoms with van der Waals surface area (Å²) in [6.07, 6.45) is -1.55. The van der Waals surface area contributed by atoms with E-state index in [-0.39, 0.29) is 6.54 Å². The van der Waals surface area contributed by atoms with Gasteiger partial charge in [-0.2, -0.15) is 0 Å². The minimum Gasteiger partial charge on any atom is -0.491 e. The number of amides is 2. The number of hydrogen-bond acceptors (Lipinski definition) is 6. The first kappa shape index (κ1) is 22.8. The third-order valence-corrected chi connectivity index (χ3v) is 3.07. The lowest BCUT2D eigenvalue weighted by Crippen LogP contribution is -2.43. The average molecular weight is 381 g/mol. The molecule has 0 saturated carbocycles. The summed E-state index contributed by atoms with van der Waals surface area (Å²) < 4.78 is 21.4. The van der Waals surface area contributed by atoms with E-state index in [4.69, 9.17) is 18.9 Å². The number of ether oxygens (including phenoxy) is 4. The summed E-state index contributed by atoms with van der Waals surface area (Å²) in [6, 6.07) is 7.18. The molecule has 0 aliphatic carbocycles. The largest absolute Gasteiger partial charge is 0.491 e. The highest BCUT2D eigenvalue weighted by molar-refractivity contribution is 5.88. The number of carbonyl (C=O) groups is 2. The van der Waals surface area contributed by atoms with E-state index in [1.54, 1.807) is 66.9 Å². The summed E-state index contributed by atoms with van der Waals surface area (Å²) in [7, 11) is 1.59. The number of carbonyl (C=O) groups excluding carboxylic acids is 2. The van der Waals surface area contributed by atoms with Crippen molar-refractivity contribution in [2.24, 2.45) is 0 Å². The van der Waals surface area contributed by atoms with Crippen LogP contribution in [0, 0.1) is 0 Å². The fraction of sp³-hybridized carbons (Fsp3) is 0.600. The standard InChI is InChI=1S/C20H31NO6/c1-19(2,3)26-17(22)21(18(23)27-20(4,5)6)14-15-10-8-9-11-16(15)25-13-12-24-7/h8-11H,12-14H2,1-7H3. The Bertz CT molecular complexity index is 602. The minimum atomic E-state index is -0.775. The second-order valence-corrected chi connectivity index (χ2v) is 8.00. The van der Waals surface area contributed by atoms with Gasteiger partial charge in [0.05, 0.1) is 13.2 Å². The monoisotopic (exact) mass is 381 g/mol. The van der Waals surface area contributed by atoms with Crippen LogP contribution >= 0.6 is 0 Å². The molecular formula is C20H31NO6. The molecule has 152 valence electrons. The van der Waals surface area contributed by atoms with E-state index in [0.717, 1.165) is 4.90 Å². The van der Waals surface area contributed by atoms with Gasteiger partial charge in [0.15, 0.2) is 0 Å². The zero-order chi connectivity index (χ0) is 20.7. The van der Waals surface area contributed by atoms with Crippen molar-refractivity contribution >= 4 is 12.2 Å². The van der Waals surface area contributed by atoms with Gasteiger partial charge >= 0.3 is 12.2 Å². The molecule has 0 aliphatic heterocycles. The van der Waals surface area contributed by atoms with Crippen molar-refractivity contribution in [1.82, 2.24) is 4.90 Å². The second-order valence-electron chi connectivity index (χ2n) is 8.00. The molecule has 1 rings (SSSR count). The lowest BCUT2D eigenvalue weighted by molar-refractivity contribution is -0.000380. The van der Waals surface area contributed by atoms with Gasteiger partial charge in [0.1, 0.15) is 23.6 Å². The molecule has 0 aliphatic rings. The Morgan fingerprint density at radius 3 is 1.89 bits per heavy atom. The van der Waals surface area contributed by atoms with Crippen LogP contribution in [-0.2, 0) is 20.8 Å². The topological polar surface area (TPSA) is 74.3 Å². The van der Waals surface area contributed by atoms with Crippen molar-refractivity contribution in [3.8, 4) is 5.75 Å². The van der Waals surface area contributed by atoms with Crippen molar-refractivity contribution < 1.29 is 28.5 Å². The highest BCUT2D eigenvalue weighted by Gasteiger charge is 2.31. The van der Waals surface area contributed by atoms with E-state index in [1.165, 1.54) is 0 Å². The molecule has 0 N–H and O–H groups in total. The summed E-state index contributed by atoms with van der Waals surface area (Å²) in [5, 5.41) is 0. The van der Waals surface area contributed by atoms with Gasteiger partial charge in [-0.3, -0.25) is 0 Å². The van der Waals surface area contributed by atoms with E-state index in [2.05, 4.69) is 0 Å². The van der Waals surface area contributed by atoms with Crippen LogP contribution in [0.15, 0.2) is 24.3 Å². The molecular weight excluding hydrogens is 350 g/mol. The van der Waals surface area contributed by atoms with Crippen LogP contribution in [0.1, 0.15) is 47.1 Å². The number of methoxy groups -OCH3 is 1. The van der Waals surface area contributed by atoms with Crippen molar-refractivity contribution in [2.75, 3.05) is 20.3 Å². The Kier molecular flexibility index (Phi) is 8.09. The third-order valence-electron chi connectivity index (χ3n) is 3.07. The Labute approximate surface area is 161 Å². The molecule has 0 fully saturated rings. The van der Waals surface area contributed by atoms with Gasteiger partial charge in [-0.1, -0.05) is 18.2 Å². The molecule has 0 aromatic heterocycles.